The van der Waals surface area contributed by atoms with Crippen LogP contribution in [0.25, 0.3) is 55.8 Å². The first kappa shape index (κ1) is 22.7. The summed E-state index contributed by atoms with van der Waals surface area (Å²) in [5.74, 6) is 1.19. The van der Waals surface area contributed by atoms with E-state index in [2.05, 4.69) is 48.5 Å². The summed E-state index contributed by atoms with van der Waals surface area (Å²) in [6.45, 7) is 0. The first-order valence-electron chi connectivity index (χ1n) is 12.1. The summed E-state index contributed by atoms with van der Waals surface area (Å²) < 4.78 is 5.35. The van der Waals surface area contributed by atoms with Crippen molar-refractivity contribution in [2.24, 2.45) is 0 Å². The first-order chi connectivity index (χ1) is 18.3. The van der Waals surface area contributed by atoms with Crippen LogP contribution in [-0.4, -0.2) is 22.7 Å². The summed E-state index contributed by atoms with van der Waals surface area (Å²) in [6, 6.07) is 42.6. The Morgan fingerprint density at radius 2 is 1.11 bits per heavy atom. The Hall–Kier alpha value is -4.74. The van der Waals surface area contributed by atoms with E-state index in [0.717, 1.165) is 50.0 Å². The Bertz CT molecular complexity index is 1690. The van der Waals surface area contributed by atoms with Crippen LogP contribution in [0.5, 0.6) is 5.75 Å². The van der Waals surface area contributed by atoms with Gasteiger partial charge in [-0.3, -0.25) is 0 Å². The normalized spacial score (nSPS) is 10.8. The molecule has 6 aromatic rings. The molecule has 0 saturated carbocycles. The van der Waals surface area contributed by atoms with Gasteiger partial charge in [-0.1, -0.05) is 109 Å². The molecule has 0 unspecified atom stereocenters. The van der Waals surface area contributed by atoms with E-state index in [1.165, 1.54) is 0 Å². The third-order valence-electron chi connectivity index (χ3n) is 6.39. The molecule has 0 aliphatic heterocycles. The van der Waals surface area contributed by atoms with E-state index in [4.69, 9.17) is 14.6 Å². The van der Waals surface area contributed by atoms with Crippen LogP contribution in [0.1, 0.15) is 0 Å². The fourth-order valence-corrected chi connectivity index (χ4v) is 4.66. The minimum atomic E-state index is 0.565. The van der Waals surface area contributed by atoms with Crippen molar-refractivity contribution < 1.29 is 9.68 Å². The molecule has 1 heterocycles. The highest BCUT2D eigenvalue weighted by Gasteiger charge is 2.16. The molecule has 0 spiro atoms. The second kappa shape index (κ2) is 10.1. The SMILES string of the molecule is O[B]Oc1ccc(-c2nc(-c3ccccc3)cc(-c3ccccc3-c3ccccc3)n2)c2ccccc12. The molecule has 6 rings (SSSR count). The molecule has 0 bridgehead atoms. The monoisotopic (exact) mass is 477 g/mol. The lowest BCUT2D eigenvalue weighted by molar-refractivity contribution is 0.457. The summed E-state index contributed by atoms with van der Waals surface area (Å²) in [5.41, 5.74) is 6.87. The second-order valence-electron chi connectivity index (χ2n) is 8.62. The van der Waals surface area contributed by atoms with Gasteiger partial charge in [-0.05, 0) is 34.7 Å². The molecule has 5 heteroatoms. The average Bonchev–Trinajstić information content (AvgIpc) is 2.98. The number of benzene rings is 5. The zero-order valence-electron chi connectivity index (χ0n) is 20.0. The summed E-state index contributed by atoms with van der Waals surface area (Å²) >= 11 is 0. The zero-order valence-corrected chi connectivity index (χ0v) is 20.0. The van der Waals surface area contributed by atoms with Gasteiger partial charge in [0.1, 0.15) is 5.75 Å². The standard InChI is InChI=1S/C32H22BN2O2/c36-33-37-31-20-19-28(25-16-8-10-18-27(25)31)32-34-29(23-13-5-2-6-14-23)21-30(35-32)26-17-9-7-15-24(26)22-11-3-1-4-12-22/h1-21,36H. The Morgan fingerprint density at radius 1 is 0.514 bits per heavy atom. The Labute approximate surface area is 216 Å². The van der Waals surface area contributed by atoms with E-state index in [1.807, 2.05) is 78.9 Å². The lowest BCUT2D eigenvalue weighted by Gasteiger charge is -2.15. The van der Waals surface area contributed by atoms with Gasteiger partial charge in [-0.2, -0.15) is 0 Å². The largest absolute Gasteiger partial charge is 0.569 e. The summed E-state index contributed by atoms with van der Waals surface area (Å²) in [6.07, 6.45) is 0. The maximum atomic E-state index is 9.24. The molecule has 1 radical (unpaired) electrons. The minimum absolute atomic E-state index is 0.565. The topological polar surface area (TPSA) is 55.2 Å². The van der Waals surface area contributed by atoms with E-state index in [9.17, 15) is 5.02 Å². The van der Waals surface area contributed by atoms with E-state index in [1.54, 1.807) is 0 Å². The number of rotatable bonds is 6. The van der Waals surface area contributed by atoms with E-state index < -0.39 is 0 Å². The number of fused-ring (bicyclic) bond motifs is 1. The maximum Gasteiger partial charge on any atom is 0.569 e. The molecule has 1 N–H and O–H groups in total. The van der Waals surface area contributed by atoms with Crippen LogP contribution in [0, 0.1) is 0 Å². The molecule has 0 aliphatic carbocycles. The highest BCUT2D eigenvalue weighted by Crippen LogP contribution is 2.37. The average molecular weight is 477 g/mol. The second-order valence-corrected chi connectivity index (χ2v) is 8.62. The molecule has 175 valence electrons. The van der Waals surface area contributed by atoms with Crippen molar-refractivity contribution in [1.82, 2.24) is 9.97 Å². The van der Waals surface area contributed by atoms with Crippen LogP contribution in [0.15, 0.2) is 127 Å². The molecule has 5 aromatic carbocycles. The third kappa shape index (κ3) is 4.49. The molecule has 0 amide bonds. The molecule has 0 atom stereocenters. The fraction of sp³-hybridized carbons (Fsp3) is 0. The van der Waals surface area contributed by atoms with Crippen molar-refractivity contribution in [1.29, 1.82) is 0 Å². The number of aromatic nitrogens is 2. The van der Waals surface area contributed by atoms with Gasteiger partial charge in [0.25, 0.3) is 0 Å². The van der Waals surface area contributed by atoms with Crippen LogP contribution in [0.2, 0.25) is 0 Å². The van der Waals surface area contributed by atoms with Gasteiger partial charge < -0.3 is 9.68 Å². The zero-order chi connectivity index (χ0) is 25.0. The highest BCUT2D eigenvalue weighted by molar-refractivity contribution is 6.18. The van der Waals surface area contributed by atoms with Crippen LogP contribution >= 0.6 is 0 Å². The van der Waals surface area contributed by atoms with Gasteiger partial charge in [-0.15, -0.1) is 0 Å². The molecule has 0 aliphatic rings. The predicted octanol–water partition coefficient (Wildman–Crippen LogP) is 7.20. The van der Waals surface area contributed by atoms with E-state index in [0.29, 0.717) is 19.3 Å². The van der Waals surface area contributed by atoms with Crippen molar-refractivity contribution in [3.8, 4) is 50.8 Å². The third-order valence-corrected chi connectivity index (χ3v) is 6.39. The number of hydrogen-bond acceptors (Lipinski definition) is 4. The number of hydrogen-bond donors (Lipinski definition) is 1. The van der Waals surface area contributed by atoms with Crippen molar-refractivity contribution in [2.45, 2.75) is 0 Å². The molecular formula is C32H22BN2O2. The van der Waals surface area contributed by atoms with E-state index >= 15 is 0 Å². The number of nitrogens with zero attached hydrogens (tertiary/aromatic N) is 2. The van der Waals surface area contributed by atoms with Crippen molar-refractivity contribution in [2.75, 3.05) is 0 Å². The van der Waals surface area contributed by atoms with Crippen molar-refractivity contribution in [3.63, 3.8) is 0 Å². The van der Waals surface area contributed by atoms with Gasteiger partial charge in [0.15, 0.2) is 5.82 Å². The maximum absolute atomic E-state index is 9.24. The van der Waals surface area contributed by atoms with Crippen LogP contribution in [0.3, 0.4) is 0 Å². The summed E-state index contributed by atoms with van der Waals surface area (Å²) in [7, 11) is 0.701. The fourth-order valence-electron chi connectivity index (χ4n) is 4.66. The van der Waals surface area contributed by atoms with Gasteiger partial charge in [0.05, 0.1) is 11.4 Å². The molecule has 0 fully saturated rings. The van der Waals surface area contributed by atoms with Crippen molar-refractivity contribution >= 4 is 18.5 Å². The summed E-state index contributed by atoms with van der Waals surface area (Å²) in [5, 5.41) is 11.0. The van der Waals surface area contributed by atoms with Gasteiger partial charge in [0, 0.05) is 22.1 Å². The predicted molar refractivity (Wildman–Crippen MR) is 150 cm³/mol. The summed E-state index contributed by atoms with van der Waals surface area (Å²) in [4.78, 5) is 10.1. The highest BCUT2D eigenvalue weighted by atomic mass is 16.5. The van der Waals surface area contributed by atoms with Gasteiger partial charge in [-0.25, -0.2) is 9.97 Å². The quantitative estimate of drug-likeness (QED) is 0.258. The van der Waals surface area contributed by atoms with Crippen LogP contribution in [-0.2, 0) is 0 Å². The first-order valence-corrected chi connectivity index (χ1v) is 12.1. The molecular weight excluding hydrogens is 455 g/mol. The smallest absolute Gasteiger partial charge is 0.537 e. The Kier molecular flexibility index (Phi) is 6.20. The Morgan fingerprint density at radius 3 is 1.84 bits per heavy atom. The minimum Gasteiger partial charge on any atom is -0.537 e. The van der Waals surface area contributed by atoms with Crippen LogP contribution in [0.4, 0.5) is 0 Å². The molecule has 0 saturated heterocycles. The van der Waals surface area contributed by atoms with E-state index in [-0.39, 0.29) is 0 Å². The lowest BCUT2D eigenvalue weighted by atomic mass is 9.96. The molecule has 4 nitrogen and oxygen atoms in total. The molecule has 1 aromatic heterocycles. The lowest BCUT2D eigenvalue weighted by Crippen LogP contribution is -2.01. The molecule has 37 heavy (non-hydrogen) atoms. The van der Waals surface area contributed by atoms with Gasteiger partial charge in [0.2, 0.25) is 0 Å². The Balaban J connectivity index is 1.61. The van der Waals surface area contributed by atoms with Crippen LogP contribution < -0.4 is 4.65 Å². The van der Waals surface area contributed by atoms with Crippen molar-refractivity contribution in [3.05, 3.63) is 127 Å². The van der Waals surface area contributed by atoms with Gasteiger partial charge >= 0.3 is 7.69 Å².